The van der Waals surface area contributed by atoms with Crippen molar-refractivity contribution in [2.75, 3.05) is 13.2 Å². The maximum atomic E-state index is 8.51. The summed E-state index contributed by atoms with van der Waals surface area (Å²) in [5.74, 6) is -0.683. The molecule has 0 spiro atoms. The van der Waals surface area contributed by atoms with E-state index in [1.165, 1.54) is 0 Å². The summed E-state index contributed by atoms with van der Waals surface area (Å²) in [7, 11) is -1.78. The van der Waals surface area contributed by atoms with Crippen LogP contribution in [-0.2, 0) is 18.6 Å². The quantitative estimate of drug-likeness (QED) is 0.242. The lowest BCUT2D eigenvalue weighted by atomic mass is 10.1. The molecule has 4 atom stereocenters. The summed E-state index contributed by atoms with van der Waals surface area (Å²) in [5, 5.41) is 3.79. The first-order valence-corrected chi connectivity index (χ1v) is 11.0. The molecule has 0 saturated carbocycles. The van der Waals surface area contributed by atoms with Crippen LogP contribution in [0.25, 0.3) is 10.4 Å². The molecular weight excluding hydrogens is 314 g/mol. The topological polar surface area (TPSA) is 89.0 Å². The van der Waals surface area contributed by atoms with Gasteiger partial charge < -0.3 is 18.6 Å². The molecule has 0 aromatic carbocycles. The Hall–Kier alpha value is -0.633. The molecule has 132 valence electrons. The Morgan fingerprint density at radius 1 is 1.17 bits per heavy atom. The Morgan fingerprint density at radius 2 is 1.83 bits per heavy atom. The predicted octanol–water partition coefficient (Wildman–Crippen LogP) is 3.61. The Morgan fingerprint density at radius 3 is 2.39 bits per heavy atom. The maximum absolute atomic E-state index is 8.51. The molecule has 7 nitrogen and oxygen atoms in total. The average Bonchev–Trinajstić information content (AvgIpc) is 3.10. The van der Waals surface area contributed by atoms with Gasteiger partial charge in [0, 0.05) is 4.91 Å². The highest BCUT2D eigenvalue weighted by atomic mass is 28.4. The van der Waals surface area contributed by atoms with E-state index in [0.29, 0.717) is 6.61 Å². The maximum Gasteiger partial charge on any atom is 0.192 e. The molecule has 0 N–H and O–H groups in total. The van der Waals surface area contributed by atoms with Crippen molar-refractivity contribution in [3.63, 3.8) is 0 Å². The van der Waals surface area contributed by atoms with Crippen LogP contribution in [0.5, 0.6) is 0 Å². The molecule has 2 fully saturated rings. The number of rotatable bonds is 6. The number of epoxide rings is 1. The predicted molar refractivity (Wildman–Crippen MR) is 89.6 cm³/mol. The summed E-state index contributed by atoms with van der Waals surface area (Å²) >= 11 is 0. The number of hydrogen-bond acceptors (Lipinski definition) is 5. The molecule has 2 heterocycles. The summed E-state index contributed by atoms with van der Waals surface area (Å²) in [6.45, 7) is 15.7. The summed E-state index contributed by atoms with van der Waals surface area (Å²) < 4.78 is 23.7. The summed E-state index contributed by atoms with van der Waals surface area (Å²) in [6, 6.07) is 0. The number of ether oxygens (including phenoxy) is 3. The minimum absolute atomic E-state index is 0.0280. The molecule has 0 unspecified atom stereocenters. The minimum atomic E-state index is -1.78. The lowest BCUT2D eigenvalue weighted by Crippen LogP contribution is -2.42. The van der Waals surface area contributed by atoms with Gasteiger partial charge >= 0.3 is 0 Å². The molecule has 2 saturated heterocycles. The van der Waals surface area contributed by atoms with E-state index in [1.54, 1.807) is 0 Å². The van der Waals surface area contributed by atoms with E-state index in [4.69, 9.17) is 24.2 Å². The largest absolute Gasteiger partial charge is 0.414 e. The van der Waals surface area contributed by atoms with Crippen LogP contribution < -0.4 is 0 Å². The molecule has 0 radical (unpaired) electrons. The smallest absolute Gasteiger partial charge is 0.192 e. The van der Waals surface area contributed by atoms with E-state index in [9.17, 15) is 0 Å². The van der Waals surface area contributed by atoms with Gasteiger partial charge in [-0.2, -0.15) is 0 Å². The van der Waals surface area contributed by atoms with E-state index in [1.807, 2.05) is 13.8 Å². The highest BCUT2D eigenvalue weighted by Gasteiger charge is 2.55. The van der Waals surface area contributed by atoms with Gasteiger partial charge in [0.15, 0.2) is 14.1 Å². The van der Waals surface area contributed by atoms with Crippen molar-refractivity contribution < 1.29 is 18.6 Å². The standard InChI is InChI=1S/C15H29N3O4Si/c1-14(2,3)23(6,7)19-9-11-12(20-11)13-10(8-17-18-16)21-15(4,5)22-13/h10-13H,8-9H2,1-7H3/t10-,11-,12+,13+/m0/s1. The third kappa shape index (κ3) is 4.46. The van der Waals surface area contributed by atoms with Gasteiger partial charge in [0.2, 0.25) is 0 Å². The SMILES string of the molecule is CC1(C)O[C@@H]([C@@H]2O[C@H]2CO[Si](C)(C)C(C)(C)C)[C@H](CN=[N+]=[N-])O1. The second-order valence-electron chi connectivity index (χ2n) is 8.26. The van der Waals surface area contributed by atoms with Crippen molar-refractivity contribution >= 4 is 8.32 Å². The van der Waals surface area contributed by atoms with Gasteiger partial charge in [-0.1, -0.05) is 25.9 Å². The van der Waals surface area contributed by atoms with Crippen molar-refractivity contribution in [2.24, 2.45) is 5.11 Å². The average molecular weight is 344 g/mol. The number of hydrogen-bond donors (Lipinski definition) is 0. The second kappa shape index (κ2) is 6.35. The van der Waals surface area contributed by atoms with Crippen molar-refractivity contribution in [2.45, 2.75) is 83.0 Å². The van der Waals surface area contributed by atoms with Crippen molar-refractivity contribution in [3.8, 4) is 0 Å². The highest BCUT2D eigenvalue weighted by molar-refractivity contribution is 6.74. The fourth-order valence-electron chi connectivity index (χ4n) is 2.49. The second-order valence-corrected chi connectivity index (χ2v) is 13.1. The van der Waals surface area contributed by atoms with E-state index in [0.717, 1.165) is 0 Å². The van der Waals surface area contributed by atoms with Crippen molar-refractivity contribution in [1.29, 1.82) is 0 Å². The first-order valence-electron chi connectivity index (χ1n) is 8.13. The fraction of sp³-hybridized carbons (Fsp3) is 1.00. The molecule has 0 bridgehead atoms. The first kappa shape index (κ1) is 18.7. The van der Waals surface area contributed by atoms with Crippen LogP contribution in [0.1, 0.15) is 34.6 Å². The third-order valence-corrected chi connectivity index (χ3v) is 9.41. The molecule has 0 amide bonds. The zero-order valence-electron chi connectivity index (χ0n) is 15.2. The van der Waals surface area contributed by atoms with Gasteiger partial charge in [-0.15, -0.1) is 0 Å². The molecule has 8 heteroatoms. The van der Waals surface area contributed by atoms with E-state index >= 15 is 0 Å². The van der Waals surface area contributed by atoms with Crippen molar-refractivity contribution in [3.05, 3.63) is 10.4 Å². The molecule has 2 aliphatic rings. The van der Waals surface area contributed by atoms with Gasteiger partial charge in [-0.25, -0.2) is 0 Å². The number of nitrogens with zero attached hydrogens (tertiary/aromatic N) is 3. The van der Waals surface area contributed by atoms with Crippen LogP contribution in [0.2, 0.25) is 18.1 Å². The fourth-order valence-corrected chi connectivity index (χ4v) is 3.50. The highest BCUT2D eigenvalue weighted by Crippen LogP contribution is 2.41. The lowest BCUT2D eigenvalue weighted by molar-refractivity contribution is -0.147. The Labute approximate surface area is 139 Å². The zero-order chi connectivity index (χ0) is 17.5. The van der Waals surface area contributed by atoms with Crippen LogP contribution in [0, 0.1) is 0 Å². The summed E-state index contributed by atoms with van der Waals surface area (Å²) in [6.07, 6.45) is -0.520. The van der Waals surface area contributed by atoms with Gasteiger partial charge in [0.05, 0.1) is 19.3 Å². The van der Waals surface area contributed by atoms with Crippen LogP contribution in [0.3, 0.4) is 0 Å². The van der Waals surface area contributed by atoms with E-state index in [2.05, 4.69) is 43.9 Å². The monoisotopic (exact) mass is 343 g/mol. The molecule has 0 aromatic rings. The van der Waals surface area contributed by atoms with Crippen LogP contribution in [-0.4, -0.2) is 51.7 Å². The van der Waals surface area contributed by atoms with Crippen LogP contribution in [0.4, 0.5) is 0 Å². The Bertz CT molecular complexity index is 486. The van der Waals surface area contributed by atoms with Crippen LogP contribution >= 0.6 is 0 Å². The zero-order valence-corrected chi connectivity index (χ0v) is 16.2. The molecular formula is C15H29N3O4Si. The van der Waals surface area contributed by atoms with Crippen molar-refractivity contribution in [1.82, 2.24) is 0 Å². The van der Waals surface area contributed by atoms with Gasteiger partial charge in [-0.3, -0.25) is 0 Å². The van der Waals surface area contributed by atoms with E-state index < -0.39 is 14.1 Å². The van der Waals surface area contributed by atoms with E-state index in [-0.39, 0.29) is 36.0 Å². The molecule has 23 heavy (non-hydrogen) atoms. The number of azide groups is 1. The summed E-state index contributed by atoms with van der Waals surface area (Å²) in [4.78, 5) is 2.81. The molecule has 0 aromatic heterocycles. The van der Waals surface area contributed by atoms with Gasteiger partial charge in [0.25, 0.3) is 0 Å². The molecule has 2 rings (SSSR count). The minimum Gasteiger partial charge on any atom is -0.414 e. The Kier molecular flexibility index (Phi) is 5.16. The summed E-state index contributed by atoms with van der Waals surface area (Å²) in [5.41, 5.74) is 8.51. The third-order valence-electron chi connectivity index (χ3n) is 4.91. The van der Waals surface area contributed by atoms with Gasteiger partial charge in [0.1, 0.15) is 18.3 Å². The van der Waals surface area contributed by atoms with Gasteiger partial charge in [-0.05, 0) is 37.5 Å². The van der Waals surface area contributed by atoms with Crippen LogP contribution in [0.15, 0.2) is 5.11 Å². The Balaban J connectivity index is 1.90. The lowest BCUT2D eigenvalue weighted by Gasteiger charge is -2.36. The first-order chi connectivity index (χ1) is 10.5. The molecule has 2 aliphatic heterocycles. The normalized spacial score (nSPS) is 33.3. The molecule has 0 aliphatic carbocycles.